The molecule has 0 saturated heterocycles. The number of nitrogens with zero attached hydrogens (tertiary/aromatic N) is 2. The summed E-state index contributed by atoms with van der Waals surface area (Å²) in [5, 5.41) is 14.5. The van der Waals surface area contributed by atoms with Gasteiger partial charge in [-0.05, 0) is 31.0 Å². The molecule has 118 valence electrons. The molecule has 0 radical (unpaired) electrons. The Kier molecular flexibility index (Phi) is 3.96. The lowest BCUT2D eigenvalue weighted by molar-refractivity contribution is 0.0490. The van der Waals surface area contributed by atoms with Crippen LogP contribution in [0.15, 0.2) is 53.1 Å². The van der Waals surface area contributed by atoms with Crippen LogP contribution in [0.2, 0.25) is 0 Å². The summed E-state index contributed by atoms with van der Waals surface area (Å²) in [6.07, 6.45) is 0.179. The Morgan fingerprint density at radius 3 is 2.61 bits per heavy atom. The van der Waals surface area contributed by atoms with Gasteiger partial charge >= 0.3 is 0 Å². The van der Waals surface area contributed by atoms with Crippen molar-refractivity contribution in [1.82, 2.24) is 10.1 Å². The second-order valence-electron chi connectivity index (χ2n) is 5.79. The van der Waals surface area contributed by atoms with Gasteiger partial charge in [-0.1, -0.05) is 47.6 Å². The largest absolute Gasteiger partial charge is 0.385 e. The number of aryl methyl sites for hydroxylation is 1. The molecule has 0 saturated carbocycles. The van der Waals surface area contributed by atoms with Crippen LogP contribution in [0, 0.1) is 12.7 Å². The summed E-state index contributed by atoms with van der Waals surface area (Å²) in [4.78, 5) is 4.26. The minimum absolute atomic E-state index is 0.179. The lowest BCUT2D eigenvalue weighted by Crippen LogP contribution is -2.24. The predicted octanol–water partition coefficient (Wildman–Crippen LogP) is 3.63. The average molecular weight is 312 g/mol. The minimum Gasteiger partial charge on any atom is -0.385 e. The fraction of sp³-hybridized carbons (Fsp3) is 0.222. The van der Waals surface area contributed by atoms with Gasteiger partial charge in [-0.3, -0.25) is 0 Å². The molecule has 5 heteroatoms. The highest BCUT2D eigenvalue weighted by Gasteiger charge is 2.26. The minimum atomic E-state index is -1.12. The van der Waals surface area contributed by atoms with E-state index < -0.39 is 5.60 Å². The van der Waals surface area contributed by atoms with Gasteiger partial charge in [0.1, 0.15) is 5.82 Å². The summed E-state index contributed by atoms with van der Waals surface area (Å²) in [7, 11) is 0. The summed E-state index contributed by atoms with van der Waals surface area (Å²) < 4.78 is 18.8. The molecule has 0 amide bonds. The number of aliphatic hydroxyl groups is 1. The van der Waals surface area contributed by atoms with Crippen molar-refractivity contribution in [3.05, 3.63) is 71.4 Å². The van der Waals surface area contributed by atoms with Crippen molar-refractivity contribution in [2.45, 2.75) is 25.9 Å². The fourth-order valence-corrected chi connectivity index (χ4v) is 2.37. The summed E-state index contributed by atoms with van der Waals surface area (Å²) in [5.41, 5.74) is 0.747. The molecule has 0 bridgehead atoms. The lowest BCUT2D eigenvalue weighted by Gasteiger charge is -2.21. The number of benzene rings is 2. The molecule has 0 aliphatic heterocycles. The van der Waals surface area contributed by atoms with Crippen molar-refractivity contribution < 1.29 is 14.0 Å². The third-order valence-corrected chi connectivity index (χ3v) is 3.79. The maximum atomic E-state index is 13.6. The summed E-state index contributed by atoms with van der Waals surface area (Å²) >= 11 is 0. The molecule has 3 rings (SSSR count). The summed E-state index contributed by atoms with van der Waals surface area (Å²) in [5.74, 6) is 0.294. The zero-order valence-electron chi connectivity index (χ0n) is 13.0. The van der Waals surface area contributed by atoms with Crippen LogP contribution in [0.1, 0.15) is 23.9 Å². The molecule has 0 aliphatic rings. The maximum Gasteiger partial charge on any atom is 0.230 e. The van der Waals surface area contributed by atoms with E-state index in [0.29, 0.717) is 22.8 Å². The molecule has 1 heterocycles. The van der Waals surface area contributed by atoms with Crippen molar-refractivity contribution in [2.24, 2.45) is 0 Å². The first kappa shape index (κ1) is 15.4. The number of hydrogen-bond acceptors (Lipinski definition) is 4. The first-order chi connectivity index (χ1) is 11.0. The molecule has 3 aromatic rings. The van der Waals surface area contributed by atoms with Crippen molar-refractivity contribution in [3.8, 4) is 11.4 Å². The highest BCUT2D eigenvalue weighted by molar-refractivity contribution is 5.54. The monoisotopic (exact) mass is 312 g/mol. The van der Waals surface area contributed by atoms with Crippen LogP contribution >= 0.6 is 0 Å². The van der Waals surface area contributed by atoms with E-state index in [9.17, 15) is 9.50 Å². The Morgan fingerprint density at radius 1 is 1.17 bits per heavy atom. The van der Waals surface area contributed by atoms with Gasteiger partial charge in [-0.2, -0.15) is 4.98 Å². The van der Waals surface area contributed by atoms with Crippen molar-refractivity contribution >= 4 is 0 Å². The molecule has 0 unspecified atom stereocenters. The second-order valence-corrected chi connectivity index (χ2v) is 5.79. The smallest absolute Gasteiger partial charge is 0.230 e. The Balaban J connectivity index is 1.83. The SMILES string of the molecule is Cc1ccc(-c2noc(C[C@](C)(O)c3ccccc3)n2)cc1F. The molecule has 23 heavy (non-hydrogen) atoms. The average Bonchev–Trinajstić information content (AvgIpc) is 2.99. The van der Waals surface area contributed by atoms with Crippen LogP contribution in [0.3, 0.4) is 0 Å². The molecule has 1 aromatic heterocycles. The van der Waals surface area contributed by atoms with Gasteiger partial charge in [0, 0.05) is 5.56 Å². The fourth-order valence-electron chi connectivity index (χ4n) is 2.37. The quantitative estimate of drug-likeness (QED) is 0.799. The van der Waals surface area contributed by atoms with E-state index in [-0.39, 0.29) is 12.2 Å². The van der Waals surface area contributed by atoms with E-state index in [2.05, 4.69) is 10.1 Å². The van der Waals surface area contributed by atoms with Gasteiger partial charge in [0.25, 0.3) is 0 Å². The molecule has 0 fully saturated rings. The Bertz CT molecular complexity index is 813. The predicted molar refractivity (Wildman–Crippen MR) is 84.1 cm³/mol. The van der Waals surface area contributed by atoms with Gasteiger partial charge < -0.3 is 9.63 Å². The van der Waals surface area contributed by atoms with Crippen molar-refractivity contribution in [3.63, 3.8) is 0 Å². The van der Waals surface area contributed by atoms with E-state index >= 15 is 0 Å². The number of halogens is 1. The zero-order valence-corrected chi connectivity index (χ0v) is 13.0. The van der Waals surface area contributed by atoms with Crippen LogP contribution in [-0.4, -0.2) is 15.2 Å². The van der Waals surface area contributed by atoms with Crippen LogP contribution < -0.4 is 0 Å². The normalized spacial score (nSPS) is 13.7. The molecule has 0 aliphatic carbocycles. The van der Waals surface area contributed by atoms with E-state index in [0.717, 1.165) is 5.56 Å². The Labute approximate surface area is 133 Å². The molecular formula is C18H17FN2O2. The van der Waals surface area contributed by atoms with Gasteiger partial charge in [0.15, 0.2) is 0 Å². The topological polar surface area (TPSA) is 59.2 Å². The van der Waals surface area contributed by atoms with E-state index in [1.165, 1.54) is 6.07 Å². The molecule has 0 spiro atoms. The molecule has 4 nitrogen and oxygen atoms in total. The highest BCUT2D eigenvalue weighted by Crippen LogP contribution is 2.26. The van der Waals surface area contributed by atoms with Gasteiger partial charge in [-0.15, -0.1) is 0 Å². The van der Waals surface area contributed by atoms with Crippen LogP contribution in [0.5, 0.6) is 0 Å². The zero-order chi connectivity index (χ0) is 16.4. The molecular weight excluding hydrogens is 295 g/mol. The Morgan fingerprint density at radius 2 is 1.91 bits per heavy atom. The first-order valence-electron chi connectivity index (χ1n) is 7.33. The standard InChI is InChI=1S/C18H17FN2O2/c1-12-8-9-13(10-15(12)19)17-20-16(23-21-17)11-18(2,22)14-6-4-3-5-7-14/h3-10,22H,11H2,1-2H3/t18-/m0/s1. The van der Waals surface area contributed by atoms with E-state index in [1.807, 2.05) is 30.3 Å². The van der Waals surface area contributed by atoms with Crippen LogP contribution in [0.25, 0.3) is 11.4 Å². The van der Waals surface area contributed by atoms with Crippen LogP contribution in [0.4, 0.5) is 4.39 Å². The lowest BCUT2D eigenvalue weighted by atomic mass is 9.93. The second kappa shape index (κ2) is 5.93. The van der Waals surface area contributed by atoms with Crippen molar-refractivity contribution in [2.75, 3.05) is 0 Å². The van der Waals surface area contributed by atoms with Crippen LogP contribution in [-0.2, 0) is 12.0 Å². The third kappa shape index (κ3) is 3.29. The van der Waals surface area contributed by atoms with Gasteiger partial charge in [0.05, 0.1) is 12.0 Å². The third-order valence-electron chi connectivity index (χ3n) is 3.79. The number of aromatic nitrogens is 2. The van der Waals surface area contributed by atoms with E-state index in [1.54, 1.807) is 26.0 Å². The number of rotatable bonds is 4. The highest BCUT2D eigenvalue weighted by atomic mass is 19.1. The van der Waals surface area contributed by atoms with Gasteiger partial charge in [-0.25, -0.2) is 4.39 Å². The molecule has 1 atom stereocenters. The summed E-state index contributed by atoms with van der Waals surface area (Å²) in [6.45, 7) is 3.38. The van der Waals surface area contributed by atoms with Crippen molar-refractivity contribution in [1.29, 1.82) is 0 Å². The molecule has 2 aromatic carbocycles. The Hall–Kier alpha value is -2.53. The van der Waals surface area contributed by atoms with E-state index in [4.69, 9.17) is 4.52 Å². The maximum absolute atomic E-state index is 13.6. The molecule has 1 N–H and O–H groups in total. The number of hydrogen-bond donors (Lipinski definition) is 1. The van der Waals surface area contributed by atoms with Gasteiger partial charge in [0.2, 0.25) is 11.7 Å². The first-order valence-corrected chi connectivity index (χ1v) is 7.33. The summed E-state index contributed by atoms with van der Waals surface area (Å²) in [6, 6.07) is 14.1.